The molecule has 2 aliphatic rings. The highest BCUT2D eigenvalue weighted by Gasteiger charge is 2.28. The van der Waals surface area contributed by atoms with E-state index in [1.807, 2.05) is 48.4 Å². The number of benzene rings is 1. The Hall–Kier alpha value is -2.63. The minimum Gasteiger partial charge on any atom is -0.343 e. The highest BCUT2D eigenvalue weighted by Crippen LogP contribution is 2.24. The van der Waals surface area contributed by atoms with E-state index >= 15 is 0 Å². The van der Waals surface area contributed by atoms with E-state index in [4.69, 9.17) is 0 Å². The van der Waals surface area contributed by atoms with Crippen LogP contribution in [0, 0.1) is 12.8 Å². The summed E-state index contributed by atoms with van der Waals surface area (Å²) < 4.78 is 1.77. The van der Waals surface area contributed by atoms with Gasteiger partial charge >= 0.3 is 0 Å². The van der Waals surface area contributed by atoms with Gasteiger partial charge in [-0.3, -0.25) is 9.59 Å². The molecule has 0 unspecified atom stereocenters. The van der Waals surface area contributed by atoms with E-state index in [-0.39, 0.29) is 5.91 Å². The lowest BCUT2D eigenvalue weighted by Crippen LogP contribution is -2.40. The number of rotatable bonds is 4. The summed E-state index contributed by atoms with van der Waals surface area (Å²) >= 11 is 0. The number of amides is 2. The van der Waals surface area contributed by atoms with Crippen LogP contribution in [0.2, 0.25) is 0 Å². The van der Waals surface area contributed by atoms with Gasteiger partial charge in [-0.1, -0.05) is 31.0 Å². The van der Waals surface area contributed by atoms with Crippen LogP contribution in [-0.2, 0) is 4.79 Å². The maximum atomic E-state index is 13.1. The fourth-order valence-corrected chi connectivity index (χ4v) is 4.59. The third-order valence-electron chi connectivity index (χ3n) is 6.47. The second-order valence-electron chi connectivity index (χ2n) is 8.64. The SMILES string of the molecule is Cc1nn(-c2ccccc2)cc1C(=O)N1CCC(CC(=O)N2CCCCCC2)CC1. The topological polar surface area (TPSA) is 58.4 Å². The van der Waals surface area contributed by atoms with Gasteiger partial charge in [-0.15, -0.1) is 0 Å². The molecule has 1 aromatic heterocycles. The summed E-state index contributed by atoms with van der Waals surface area (Å²) in [5, 5.41) is 4.53. The standard InChI is InChI=1S/C24H32N4O2/c1-19-22(18-28(25-19)21-9-5-4-6-10-21)24(30)27-15-11-20(12-16-27)17-23(29)26-13-7-2-3-8-14-26/h4-6,9-10,18,20H,2-3,7-8,11-17H2,1H3. The quantitative estimate of drug-likeness (QED) is 0.773. The van der Waals surface area contributed by atoms with Crippen LogP contribution in [0.25, 0.3) is 5.69 Å². The number of nitrogens with zero attached hydrogens (tertiary/aromatic N) is 4. The Labute approximate surface area is 178 Å². The van der Waals surface area contributed by atoms with Crippen LogP contribution in [0.4, 0.5) is 0 Å². The van der Waals surface area contributed by atoms with Gasteiger partial charge in [0.15, 0.2) is 0 Å². The first kappa shape index (κ1) is 20.6. The van der Waals surface area contributed by atoms with Gasteiger partial charge in [0.2, 0.25) is 5.91 Å². The molecule has 0 aliphatic carbocycles. The van der Waals surface area contributed by atoms with Crippen LogP contribution in [0.15, 0.2) is 36.5 Å². The average Bonchev–Trinajstić information content (AvgIpc) is 2.98. The average molecular weight is 409 g/mol. The number of carbonyl (C=O) groups excluding carboxylic acids is 2. The van der Waals surface area contributed by atoms with Gasteiger partial charge in [0, 0.05) is 38.8 Å². The highest BCUT2D eigenvalue weighted by molar-refractivity contribution is 5.95. The van der Waals surface area contributed by atoms with Crippen LogP contribution in [0.5, 0.6) is 0 Å². The van der Waals surface area contributed by atoms with E-state index in [0.717, 1.165) is 50.2 Å². The fraction of sp³-hybridized carbons (Fsp3) is 0.542. The summed E-state index contributed by atoms with van der Waals surface area (Å²) in [4.78, 5) is 29.7. The Balaban J connectivity index is 1.32. The van der Waals surface area contributed by atoms with Crippen LogP contribution < -0.4 is 0 Å². The molecule has 2 aromatic rings. The van der Waals surface area contributed by atoms with E-state index in [2.05, 4.69) is 10.00 Å². The number of aromatic nitrogens is 2. The zero-order chi connectivity index (χ0) is 20.9. The molecule has 0 bridgehead atoms. The van der Waals surface area contributed by atoms with E-state index in [9.17, 15) is 9.59 Å². The van der Waals surface area contributed by atoms with Crippen molar-refractivity contribution in [3.63, 3.8) is 0 Å². The van der Waals surface area contributed by atoms with Gasteiger partial charge in [-0.05, 0) is 50.7 Å². The molecule has 160 valence electrons. The molecule has 0 radical (unpaired) electrons. The lowest BCUT2D eigenvalue weighted by atomic mass is 9.92. The minimum atomic E-state index is 0.0481. The number of carbonyl (C=O) groups is 2. The van der Waals surface area contributed by atoms with Gasteiger partial charge in [0.05, 0.1) is 16.9 Å². The number of likely N-dealkylation sites (tertiary alicyclic amines) is 2. The zero-order valence-electron chi connectivity index (χ0n) is 17.9. The molecule has 2 amide bonds. The van der Waals surface area contributed by atoms with Crippen molar-refractivity contribution in [2.75, 3.05) is 26.2 Å². The largest absolute Gasteiger partial charge is 0.343 e. The number of hydrogen-bond acceptors (Lipinski definition) is 3. The monoisotopic (exact) mass is 408 g/mol. The lowest BCUT2D eigenvalue weighted by molar-refractivity contribution is -0.132. The Kier molecular flexibility index (Phi) is 6.50. The summed E-state index contributed by atoms with van der Waals surface area (Å²) in [6.45, 7) is 5.15. The highest BCUT2D eigenvalue weighted by atomic mass is 16.2. The number of para-hydroxylation sites is 1. The van der Waals surface area contributed by atoms with E-state index < -0.39 is 0 Å². The van der Waals surface area contributed by atoms with Crippen LogP contribution in [-0.4, -0.2) is 57.6 Å². The summed E-state index contributed by atoms with van der Waals surface area (Å²) in [6.07, 6.45) is 9.02. The van der Waals surface area contributed by atoms with Crippen molar-refractivity contribution in [2.24, 2.45) is 5.92 Å². The van der Waals surface area contributed by atoms with Gasteiger partial charge in [-0.2, -0.15) is 5.10 Å². The third kappa shape index (κ3) is 4.74. The summed E-state index contributed by atoms with van der Waals surface area (Å²) in [6, 6.07) is 9.85. The summed E-state index contributed by atoms with van der Waals surface area (Å²) in [7, 11) is 0. The Morgan fingerprint density at radius 3 is 2.27 bits per heavy atom. The number of piperidine rings is 1. The molecule has 2 fully saturated rings. The number of aryl methyl sites for hydroxylation is 1. The molecule has 2 aliphatic heterocycles. The third-order valence-corrected chi connectivity index (χ3v) is 6.47. The smallest absolute Gasteiger partial charge is 0.257 e. The first-order valence-corrected chi connectivity index (χ1v) is 11.3. The van der Waals surface area contributed by atoms with Crippen LogP contribution >= 0.6 is 0 Å². The maximum absolute atomic E-state index is 13.1. The van der Waals surface area contributed by atoms with Crippen molar-refractivity contribution in [3.05, 3.63) is 47.8 Å². The predicted octanol–water partition coefficient (Wildman–Crippen LogP) is 3.83. The minimum absolute atomic E-state index is 0.0481. The second-order valence-corrected chi connectivity index (χ2v) is 8.64. The van der Waals surface area contributed by atoms with Gasteiger partial charge in [-0.25, -0.2) is 4.68 Å². The molecule has 1 aromatic carbocycles. The van der Waals surface area contributed by atoms with Gasteiger partial charge in [0.1, 0.15) is 0 Å². The van der Waals surface area contributed by atoms with E-state index in [1.54, 1.807) is 4.68 Å². The molecule has 6 nitrogen and oxygen atoms in total. The first-order valence-electron chi connectivity index (χ1n) is 11.3. The van der Waals surface area contributed by atoms with Crippen LogP contribution in [0.3, 0.4) is 0 Å². The molecule has 4 rings (SSSR count). The maximum Gasteiger partial charge on any atom is 0.257 e. The first-order chi connectivity index (χ1) is 14.6. The molecule has 6 heteroatoms. The van der Waals surface area contributed by atoms with Crippen molar-refractivity contribution in [3.8, 4) is 5.69 Å². The van der Waals surface area contributed by atoms with Crippen LogP contribution in [0.1, 0.15) is 61.0 Å². The van der Waals surface area contributed by atoms with Crippen molar-refractivity contribution < 1.29 is 9.59 Å². The molecule has 0 atom stereocenters. The van der Waals surface area contributed by atoms with Gasteiger partial charge in [0.25, 0.3) is 5.91 Å². The summed E-state index contributed by atoms with van der Waals surface area (Å²) in [5.74, 6) is 0.742. The molecule has 30 heavy (non-hydrogen) atoms. The zero-order valence-corrected chi connectivity index (χ0v) is 17.9. The Morgan fingerprint density at radius 1 is 0.933 bits per heavy atom. The Morgan fingerprint density at radius 2 is 1.60 bits per heavy atom. The van der Waals surface area contributed by atoms with E-state index in [1.165, 1.54) is 12.8 Å². The van der Waals surface area contributed by atoms with Crippen molar-refractivity contribution in [1.29, 1.82) is 0 Å². The second kappa shape index (κ2) is 9.45. The van der Waals surface area contributed by atoms with Crippen molar-refractivity contribution in [2.45, 2.75) is 51.9 Å². The Bertz CT molecular complexity index is 861. The summed E-state index contributed by atoms with van der Waals surface area (Å²) in [5.41, 5.74) is 2.37. The van der Waals surface area contributed by atoms with Crippen molar-refractivity contribution in [1.82, 2.24) is 19.6 Å². The molecule has 3 heterocycles. The molecule has 0 spiro atoms. The predicted molar refractivity (Wildman–Crippen MR) is 117 cm³/mol. The fourth-order valence-electron chi connectivity index (χ4n) is 4.59. The van der Waals surface area contributed by atoms with E-state index in [0.29, 0.717) is 36.9 Å². The number of hydrogen-bond donors (Lipinski definition) is 0. The molecule has 0 saturated carbocycles. The van der Waals surface area contributed by atoms with Gasteiger partial charge < -0.3 is 9.80 Å². The normalized spacial score (nSPS) is 18.3. The molecular weight excluding hydrogens is 376 g/mol. The lowest BCUT2D eigenvalue weighted by Gasteiger charge is -2.32. The molecule has 0 N–H and O–H groups in total. The molecule has 2 saturated heterocycles. The van der Waals surface area contributed by atoms with Crippen molar-refractivity contribution >= 4 is 11.8 Å². The molecular formula is C24H32N4O2.